The van der Waals surface area contributed by atoms with Gasteiger partial charge in [-0.1, -0.05) is 36.4 Å². The minimum Gasteiger partial charge on any atom is -0.329 e. The average Bonchev–Trinajstić information content (AvgIpc) is 2.49. The van der Waals surface area contributed by atoms with E-state index in [1.165, 1.54) is 23.3 Å². The van der Waals surface area contributed by atoms with Gasteiger partial charge >= 0.3 is 0 Å². The van der Waals surface area contributed by atoms with Gasteiger partial charge < -0.3 is 5.73 Å². The minimum atomic E-state index is -0.187. The molecule has 0 saturated carbocycles. The van der Waals surface area contributed by atoms with Crippen molar-refractivity contribution in [3.63, 3.8) is 0 Å². The van der Waals surface area contributed by atoms with Crippen LogP contribution in [0.25, 0.3) is 0 Å². The Morgan fingerprint density at radius 1 is 1.10 bits per heavy atom. The first kappa shape index (κ1) is 13.3. The molecule has 2 aromatic rings. The van der Waals surface area contributed by atoms with Gasteiger partial charge in [-0.15, -0.1) is 0 Å². The van der Waals surface area contributed by atoms with Crippen LogP contribution in [0.1, 0.15) is 22.7 Å². The molecule has 1 unspecified atom stereocenters. The summed E-state index contributed by atoms with van der Waals surface area (Å²) in [6, 6.07) is 15.5. The summed E-state index contributed by atoms with van der Waals surface area (Å²) >= 11 is 0. The number of rotatable bonds is 3. The zero-order valence-electron chi connectivity index (χ0n) is 11.4. The van der Waals surface area contributed by atoms with Gasteiger partial charge in [-0.3, -0.25) is 4.90 Å². The van der Waals surface area contributed by atoms with Crippen LogP contribution in [0.4, 0.5) is 4.39 Å². The molecule has 1 aliphatic heterocycles. The Morgan fingerprint density at radius 2 is 1.85 bits per heavy atom. The van der Waals surface area contributed by atoms with E-state index in [1.807, 2.05) is 12.1 Å². The second-order valence-corrected chi connectivity index (χ2v) is 5.30. The van der Waals surface area contributed by atoms with Crippen molar-refractivity contribution in [1.82, 2.24) is 4.90 Å². The molecule has 0 saturated heterocycles. The average molecular weight is 270 g/mol. The van der Waals surface area contributed by atoms with Crippen molar-refractivity contribution in [2.45, 2.75) is 19.0 Å². The van der Waals surface area contributed by atoms with Crippen molar-refractivity contribution in [2.75, 3.05) is 13.1 Å². The Kier molecular flexibility index (Phi) is 3.81. The fourth-order valence-corrected chi connectivity index (χ4v) is 2.99. The van der Waals surface area contributed by atoms with Crippen LogP contribution in [0, 0.1) is 5.82 Å². The zero-order valence-corrected chi connectivity index (χ0v) is 11.4. The largest absolute Gasteiger partial charge is 0.329 e. The van der Waals surface area contributed by atoms with Crippen LogP contribution in [0.5, 0.6) is 0 Å². The number of nitrogens with zero attached hydrogens (tertiary/aromatic N) is 1. The number of hydrogen-bond acceptors (Lipinski definition) is 2. The van der Waals surface area contributed by atoms with Crippen molar-refractivity contribution in [2.24, 2.45) is 5.73 Å². The van der Waals surface area contributed by atoms with Crippen LogP contribution < -0.4 is 5.73 Å². The van der Waals surface area contributed by atoms with E-state index in [0.29, 0.717) is 6.54 Å². The number of nitrogens with two attached hydrogens (primary N) is 1. The monoisotopic (exact) mass is 270 g/mol. The maximum atomic E-state index is 13.0. The van der Waals surface area contributed by atoms with E-state index in [2.05, 4.69) is 29.2 Å². The van der Waals surface area contributed by atoms with Crippen LogP contribution in [0.3, 0.4) is 0 Å². The first-order valence-corrected chi connectivity index (χ1v) is 7.04. The van der Waals surface area contributed by atoms with Crippen LogP contribution in [-0.2, 0) is 13.0 Å². The molecule has 20 heavy (non-hydrogen) atoms. The number of hydrogen-bond donors (Lipinski definition) is 1. The summed E-state index contributed by atoms with van der Waals surface area (Å²) in [5, 5.41) is 0. The van der Waals surface area contributed by atoms with Crippen LogP contribution >= 0.6 is 0 Å². The summed E-state index contributed by atoms with van der Waals surface area (Å²) in [6.07, 6.45) is 1.05. The smallest absolute Gasteiger partial charge is 0.123 e. The Bertz CT molecular complexity index is 580. The summed E-state index contributed by atoms with van der Waals surface area (Å²) in [7, 11) is 0. The highest BCUT2D eigenvalue weighted by molar-refractivity contribution is 5.33. The number of fused-ring (bicyclic) bond motifs is 1. The first-order chi connectivity index (χ1) is 9.78. The highest BCUT2D eigenvalue weighted by atomic mass is 19.1. The minimum absolute atomic E-state index is 0.187. The van der Waals surface area contributed by atoms with Crippen LogP contribution in [0.15, 0.2) is 48.5 Å². The molecule has 2 aromatic carbocycles. The quantitative estimate of drug-likeness (QED) is 0.929. The molecule has 0 aliphatic carbocycles. The van der Waals surface area contributed by atoms with E-state index in [0.717, 1.165) is 25.1 Å². The van der Waals surface area contributed by atoms with Crippen molar-refractivity contribution in [3.8, 4) is 0 Å². The summed E-state index contributed by atoms with van der Waals surface area (Å²) in [4.78, 5) is 2.38. The molecule has 0 bridgehead atoms. The molecule has 3 rings (SSSR count). The molecule has 0 spiro atoms. The summed E-state index contributed by atoms with van der Waals surface area (Å²) in [6.45, 7) is 2.42. The molecular weight excluding hydrogens is 251 g/mol. The molecule has 1 aliphatic rings. The van der Waals surface area contributed by atoms with Gasteiger partial charge in [-0.05, 0) is 35.2 Å². The topological polar surface area (TPSA) is 29.3 Å². The molecule has 2 nitrogen and oxygen atoms in total. The SMILES string of the molecule is NCC1c2ccccc2CCN1Cc1ccc(F)cc1. The van der Waals surface area contributed by atoms with Crippen LogP contribution in [0.2, 0.25) is 0 Å². The van der Waals surface area contributed by atoms with Crippen molar-refractivity contribution in [1.29, 1.82) is 0 Å². The van der Waals surface area contributed by atoms with Gasteiger partial charge in [0.1, 0.15) is 5.82 Å². The Hall–Kier alpha value is -1.71. The Balaban J connectivity index is 1.82. The molecule has 0 fully saturated rings. The summed E-state index contributed by atoms with van der Waals surface area (Å²) < 4.78 is 13.0. The van der Waals surface area contributed by atoms with E-state index >= 15 is 0 Å². The predicted octanol–water partition coefficient (Wildman–Crippen LogP) is 2.88. The highest BCUT2D eigenvalue weighted by Crippen LogP contribution is 2.30. The highest BCUT2D eigenvalue weighted by Gasteiger charge is 2.25. The molecule has 104 valence electrons. The third-order valence-corrected chi connectivity index (χ3v) is 4.05. The van der Waals surface area contributed by atoms with Gasteiger partial charge in [0.05, 0.1) is 0 Å². The molecule has 1 atom stereocenters. The lowest BCUT2D eigenvalue weighted by Gasteiger charge is -2.36. The molecule has 0 aromatic heterocycles. The first-order valence-electron chi connectivity index (χ1n) is 7.04. The Labute approximate surface area is 119 Å². The van der Waals surface area contributed by atoms with Gasteiger partial charge in [0.25, 0.3) is 0 Å². The third-order valence-electron chi connectivity index (χ3n) is 4.05. The van der Waals surface area contributed by atoms with E-state index < -0.39 is 0 Å². The second-order valence-electron chi connectivity index (χ2n) is 5.30. The molecule has 2 N–H and O–H groups in total. The third kappa shape index (κ3) is 2.60. The van der Waals surface area contributed by atoms with Gasteiger partial charge in [-0.2, -0.15) is 0 Å². The number of benzene rings is 2. The maximum absolute atomic E-state index is 13.0. The predicted molar refractivity (Wildman–Crippen MR) is 78.8 cm³/mol. The lowest BCUT2D eigenvalue weighted by molar-refractivity contribution is 0.181. The molecule has 3 heteroatoms. The normalized spacial score (nSPS) is 18.8. The van der Waals surface area contributed by atoms with Gasteiger partial charge in [0.2, 0.25) is 0 Å². The van der Waals surface area contributed by atoms with Gasteiger partial charge in [-0.25, -0.2) is 4.39 Å². The van der Waals surface area contributed by atoms with Crippen LogP contribution in [-0.4, -0.2) is 18.0 Å². The van der Waals surface area contributed by atoms with Crippen molar-refractivity contribution in [3.05, 3.63) is 71.0 Å². The van der Waals surface area contributed by atoms with Crippen molar-refractivity contribution >= 4 is 0 Å². The molecular formula is C17H19FN2. The number of halogens is 1. The molecule has 0 amide bonds. The van der Waals surface area contributed by atoms with Gasteiger partial charge in [0.15, 0.2) is 0 Å². The van der Waals surface area contributed by atoms with E-state index in [4.69, 9.17) is 5.73 Å². The maximum Gasteiger partial charge on any atom is 0.123 e. The van der Waals surface area contributed by atoms with E-state index in [-0.39, 0.29) is 11.9 Å². The summed E-state index contributed by atoms with van der Waals surface area (Å²) in [5.74, 6) is -0.187. The summed E-state index contributed by atoms with van der Waals surface area (Å²) in [5.41, 5.74) is 9.85. The molecule has 0 radical (unpaired) electrons. The zero-order chi connectivity index (χ0) is 13.9. The second kappa shape index (κ2) is 5.73. The standard InChI is InChI=1S/C17H19FN2/c18-15-7-5-13(6-8-15)12-20-10-9-14-3-1-2-4-16(14)17(20)11-19/h1-8,17H,9-12,19H2. The fourth-order valence-electron chi connectivity index (χ4n) is 2.99. The van der Waals surface area contributed by atoms with E-state index in [9.17, 15) is 4.39 Å². The Morgan fingerprint density at radius 3 is 2.60 bits per heavy atom. The molecule has 1 heterocycles. The fraction of sp³-hybridized carbons (Fsp3) is 0.294. The van der Waals surface area contributed by atoms with Crippen molar-refractivity contribution < 1.29 is 4.39 Å². The lowest BCUT2D eigenvalue weighted by atomic mass is 9.92. The van der Waals surface area contributed by atoms with Gasteiger partial charge in [0, 0.05) is 25.7 Å². The lowest BCUT2D eigenvalue weighted by Crippen LogP contribution is -2.38. The van der Waals surface area contributed by atoms with E-state index in [1.54, 1.807) is 0 Å².